The van der Waals surface area contributed by atoms with Crippen molar-refractivity contribution in [1.29, 1.82) is 5.26 Å². The van der Waals surface area contributed by atoms with E-state index in [-0.39, 0.29) is 21.8 Å². The smallest absolute Gasteiger partial charge is 0.428 e. The molecule has 1 aromatic carbocycles. The molecule has 2 aromatic rings. The number of halogens is 4. The van der Waals surface area contributed by atoms with Gasteiger partial charge in [-0.3, -0.25) is 4.79 Å². The largest absolute Gasteiger partial charge is 0.451 e. The van der Waals surface area contributed by atoms with Crippen molar-refractivity contribution in [3.8, 4) is 6.07 Å². The van der Waals surface area contributed by atoms with Crippen LogP contribution in [0.4, 0.5) is 32.8 Å². The Morgan fingerprint density at radius 1 is 1.02 bits per heavy atom. The highest BCUT2D eigenvalue weighted by Crippen LogP contribution is 2.44. The number of rotatable bonds is 4. The van der Waals surface area contributed by atoms with E-state index in [2.05, 4.69) is 15.3 Å². The first kappa shape index (κ1) is 34.7. The lowest BCUT2D eigenvalue weighted by atomic mass is 9.82. The van der Waals surface area contributed by atoms with Crippen LogP contribution in [0, 0.1) is 17.1 Å². The lowest BCUT2D eigenvalue weighted by molar-refractivity contribution is -0.142. The lowest BCUT2D eigenvalue weighted by Crippen LogP contribution is -2.59. The number of anilines is 1. The highest BCUT2D eigenvalue weighted by molar-refractivity contribution is 6.06. The summed E-state index contributed by atoms with van der Waals surface area (Å²) in [6.45, 7) is 10.1. The predicted molar refractivity (Wildman–Crippen MR) is 153 cm³/mol. The quantitative estimate of drug-likeness (QED) is 0.376. The first-order valence-corrected chi connectivity index (χ1v) is 13.6. The minimum Gasteiger partial charge on any atom is -0.451 e. The van der Waals surface area contributed by atoms with Gasteiger partial charge in [-0.25, -0.2) is 37.1 Å². The van der Waals surface area contributed by atoms with E-state index < -0.39 is 70.4 Å². The molecular weight excluding hydrogens is 602 g/mol. The van der Waals surface area contributed by atoms with Gasteiger partial charge < -0.3 is 19.5 Å². The van der Waals surface area contributed by atoms with Crippen molar-refractivity contribution in [2.24, 2.45) is 4.99 Å². The fourth-order valence-electron chi connectivity index (χ4n) is 4.05. The number of nitrogens with one attached hydrogen (secondary N) is 1. The topological polar surface area (TPSA) is 143 Å². The van der Waals surface area contributed by atoms with Crippen LogP contribution in [0.5, 0.6) is 0 Å². The van der Waals surface area contributed by atoms with Crippen molar-refractivity contribution in [3.05, 3.63) is 59.2 Å². The van der Waals surface area contributed by atoms with Gasteiger partial charge in [0.15, 0.2) is 12.3 Å². The molecule has 242 valence electrons. The van der Waals surface area contributed by atoms with Crippen LogP contribution in [0.3, 0.4) is 0 Å². The van der Waals surface area contributed by atoms with Gasteiger partial charge in [0, 0.05) is 24.4 Å². The van der Waals surface area contributed by atoms with E-state index in [0.29, 0.717) is 6.92 Å². The van der Waals surface area contributed by atoms with E-state index in [4.69, 9.17) is 19.5 Å². The van der Waals surface area contributed by atoms with Crippen molar-refractivity contribution >= 4 is 29.8 Å². The van der Waals surface area contributed by atoms with E-state index in [1.165, 1.54) is 53.7 Å². The van der Waals surface area contributed by atoms with Crippen molar-refractivity contribution < 1.29 is 46.2 Å². The second-order valence-electron chi connectivity index (χ2n) is 12.4. The third-order valence-electron chi connectivity index (χ3n) is 6.10. The molecule has 0 fully saturated rings. The fourth-order valence-corrected chi connectivity index (χ4v) is 4.05. The molecule has 0 radical (unpaired) electrons. The molecule has 45 heavy (non-hydrogen) atoms. The van der Waals surface area contributed by atoms with Crippen LogP contribution >= 0.6 is 0 Å². The number of hydrogen-bond donors (Lipinski definition) is 1. The number of nitrogens with zero attached hydrogens (tertiary/aromatic N) is 4. The standard InChI is InChI=1S/C30H33F4N5O6/c1-27(2,3)44-25(41)39(26(42)45-28(4,5)6)24-38-29(7,21(32)22(43-24)30(8,33)34)18-13-17(10-11-19(18)31)37-23(40)20-12-9-16(14-35)15-36-20/h9-13,15,21-22H,1-8H3,(H,37,40)/t21-,22-,29+/m0/s1. The maximum atomic E-state index is 16.1. The molecule has 15 heteroatoms. The molecule has 0 bridgehead atoms. The number of amidine groups is 1. The summed E-state index contributed by atoms with van der Waals surface area (Å²) >= 11 is 0. The summed E-state index contributed by atoms with van der Waals surface area (Å²) in [6, 6.07) is 6.27. The van der Waals surface area contributed by atoms with Crippen LogP contribution in [-0.4, -0.2) is 63.4 Å². The van der Waals surface area contributed by atoms with Crippen molar-refractivity contribution in [1.82, 2.24) is 9.88 Å². The third-order valence-corrected chi connectivity index (χ3v) is 6.10. The Kier molecular flexibility index (Phi) is 9.52. The number of benzene rings is 1. The van der Waals surface area contributed by atoms with Crippen LogP contribution in [0.15, 0.2) is 41.5 Å². The number of carbonyl (C=O) groups excluding carboxylic acids is 3. The molecule has 0 spiro atoms. The van der Waals surface area contributed by atoms with Crippen LogP contribution in [0.2, 0.25) is 0 Å². The van der Waals surface area contributed by atoms with Crippen molar-refractivity contribution in [2.75, 3.05) is 5.32 Å². The zero-order valence-electron chi connectivity index (χ0n) is 25.9. The number of aliphatic imine (C=N–C) groups is 1. The molecular formula is C30H33F4N5O6. The Hall–Kier alpha value is -4.74. The molecule has 0 aliphatic carbocycles. The molecule has 3 amide bonds. The van der Waals surface area contributed by atoms with Crippen molar-refractivity contribution in [2.45, 2.75) is 90.3 Å². The first-order chi connectivity index (χ1) is 20.6. The maximum Gasteiger partial charge on any atom is 0.428 e. The summed E-state index contributed by atoms with van der Waals surface area (Å²) in [5, 5.41) is 11.4. The number of alkyl halides is 3. The number of carbonyl (C=O) groups is 3. The van der Waals surface area contributed by atoms with Crippen molar-refractivity contribution in [3.63, 3.8) is 0 Å². The SMILES string of the molecule is CC(C)(C)OC(=O)N(C(=O)OC(C)(C)C)C1=N[C@](C)(c2cc(NC(=O)c3ccc(C#N)cn3)ccc2F)[C@@H](F)[C@@H](C(C)(F)F)O1. The van der Waals surface area contributed by atoms with Gasteiger partial charge in [-0.1, -0.05) is 0 Å². The van der Waals surface area contributed by atoms with Gasteiger partial charge in [-0.15, -0.1) is 4.90 Å². The number of aromatic nitrogens is 1. The minimum absolute atomic E-state index is 0.0967. The Morgan fingerprint density at radius 3 is 2.07 bits per heavy atom. The summed E-state index contributed by atoms with van der Waals surface area (Å²) in [6.07, 6.45) is -7.15. The molecule has 0 unspecified atom stereocenters. The van der Waals surface area contributed by atoms with E-state index in [0.717, 1.165) is 31.3 Å². The molecule has 1 aromatic heterocycles. The summed E-state index contributed by atoms with van der Waals surface area (Å²) in [5.41, 5.74) is -5.60. The molecule has 0 saturated heterocycles. The summed E-state index contributed by atoms with van der Waals surface area (Å²) in [4.78, 5) is 47.1. The number of pyridine rings is 1. The van der Waals surface area contributed by atoms with E-state index >= 15 is 8.78 Å². The van der Waals surface area contributed by atoms with Crippen LogP contribution in [0.25, 0.3) is 0 Å². The zero-order chi connectivity index (χ0) is 34.1. The Labute approximate surface area is 257 Å². The summed E-state index contributed by atoms with van der Waals surface area (Å²) in [5.74, 6) is -5.84. The molecule has 1 aliphatic heterocycles. The van der Waals surface area contributed by atoms with E-state index in [9.17, 15) is 23.2 Å². The highest BCUT2D eigenvalue weighted by Gasteiger charge is 2.57. The summed E-state index contributed by atoms with van der Waals surface area (Å²) < 4.78 is 76.9. The Balaban J connectivity index is 2.17. The van der Waals surface area contributed by atoms with Gasteiger partial charge in [-0.05, 0) is 78.8 Å². The average molecular weight is 636 g/mol. The monoisotopic (exact) mass is 635 g/mol. The second-order valence-corrected chi connectivity index (χ2v) is 12.4. The van der Waals surface area contributed by atoms with Gasteiger partial charge in [0.25, 0.3) is 11.8 Å². The number of imide groups is 1. The number of amides is 3. The molecule has 1 N–H and O–H groups in total. The van der Waals surface area contributed by atoms with E-state index in [1.54, 1.807) is 0 Å². The molecule has 0 saturated carbocycles. The summed E-state index contributed by atoms with van der Waals surface area (Å²) in [7, 11) is 0. The molecule has 2 heterocycles. The number of nitriles is 1. The van der Waals surface area contributed by atoms with Gasteiger partial charge in [0.2, 0.25) is 0 Å². The lowest BCUT2D eigenvalue weighted by Gasteiger charge is -2.42. The zero-order valence-corrected chi connectivity index (χ0v) is 25.9. The molecule has 11 nitrogen and oxygen atoms in total. The Bertz CT molecular complexity index is 1510. The van der Waals surface area contributed by atoms with E-state index in [1.807, 2.05) is 6.07 Å². The first-order valence-electron chi connectivity index (χ1n) is 13.6. The van der Waals surface area contributed by atoms with Gasteiger partial charge in [0.05, 0.1) is 5.56 Å². The second kappa shape index (κ2) is 12.3. The number of ether oxygens (including phenoxy) is 3. The fraction of sp³-hybridized carbons (Fsp3) is 0.467. The van der Waals surface area contributed by atoms with Gasteiger partial charge in [0.1, 0.15) is 34.3 Å². The van der Waals surface area contributed by atoms with Gasteiger partial charge in [-0.2, -0.15) is 5.26 Å². The molecule has 3 atom stereocenters. The maximum absolute atomic E-state index is 16.1. The normalized spacial score (nSPS) is 20.2. The Morgan fingerprint density at radius 2 is 1.60 bits per heavy atom. The highest BCUT2D eigenvalue weighted by atomic mass is 19.3. The van der Waals surface area contributed by atoms with Crippen LogP contribution in [-0.2, 0) is 19.7 Å². The third kappa shape index (κ3) is 8.25. The molecule has 1 aliphatic rings. The average Bonchev–Trinajstić information content (AvgIpc) is 2.89. The van der Waals surface area contributed by atoms with Crippen LogP contribution < -0.4 is 5.32 Å². The van der Waals surface area contributed by atoms with Gasteiger partial charge >= 0.3 is 18.2 Å². The minimum atomic E-state index is -3.95. The van der Waals surface area contributed by atoms with Crippen LogP contribution in [0.1, 0.15) is 77.0 Å². The number of hydrogen-bond acceptors (Lipinski definition) is 9. The predicted octanol–water partition coefficient (Wildman–Crippen LogP) is 6.48. The molecule has 3 rings (SSSR count).